The van der Waals surface area contributed by atoms with Crippen LogP contribution in [0, 0.1) is 12.1 Å². The number of carbonyl (C=O) groups is 2. The first kappa shape index (κ1) is 15.0. The molecular formula is C17H17NO3. The summed E-state index contributed by atoms with van der Waals surface area (Å²) in [6.45, 7) is 6.59. The lowest BCUT2D eigenvalue weighted by Gasteiger charge is -2.20. The van der Waals surface area contributed by atoms with Crippen LogP contribution in [0.4, 0.5) is 5.69 Å². The number of ether oxygens (including phenoxy) is 1. The number of rotatable bonds is 3. The SMILES string of the molecule is CC(=O)N(C(C)=O)c1cccc2c(OC(C)C)c[c][c]c12. The van der Waals surface area contributed by atoms with Gasteiger partial charge in [-0.1, -0.05) is 12.1 Å². The molecule has 108 valence electrons. The van der Waals surface area contributed by atoms with Gasteiger partial charge in [-0.15, -0.1) is 0 Å². The first-order valence-corrected chi connectivity index (χ1v) is 6.74. The van der Waals surface area contributed by atoms with Crippen LogP contribution in [0.5, 0.6) is 5.75 Å². The zero-order valence-electron chi connectivity index (χ0n) is 12.6. The number of nitrogens with zero attached hydrogens (tertiary/aromatic N) is 1. The quantitative estimate of drug-likeness (QED) is 0.869. The normalized spacial score (nSPS) is 10.7. The lowest BCUT2D eigenvalue weighted by atomic mass is 10.1. The maximum atomic E-state index is 11.7. The second-order valence-corrected chi connectivity index (χ2v) is 5.02. The van der Waals surface area contributed by atoms with Crippen LogP contribution < -0.4 is 9.64 Å². The van der Waals surface area contributed by atoms with Gasteiger partial charge in [0.1, 0.15) is 5.75 Å². The molecule has 21 heavy (non-hydrogen) atoms. The molecule has 0 N–H and O–H groups in total. The van der Waals surface area contributed by atoms with Crippen molar-refractivity contribution in [1.29, 1.82) is 0 Å². The fraction of sp³-hybridized carbons (Fsp3) is 0.294. The zero-order valence-corrected chi connectivity index (χ0v) is 12.6. The van der Waals surface area contributed by atoms with Gasteiger partial charge in [0.15, 0.2) is 0 Å². The summed E-state index contributed by atoms with van der Waals surface area (Å²) in [5.41, 5.74) is 0.498. The molecule has 0 bridgehead atoms. The molecule has 0 fully saturated rings. The molecule has 0 saturated heterocycles. The summed E-state index contributed by atoms with van der Waals surface area (Å²) in [6, 6.07) is 12.9. The molecule has 2 aromatic carbocycles. The lowest BCUT2D eigenvalue weighted by Crippen LogP contribution is -2.33. The maximum Gasteiger partial charge on any atom is 0.230 e. The zero-order chi connectivity index (χ0) is 15.6. The summed E-state index contributed by atoms with van der Waals surface area (Å²) in [6.07, 6.45) is 0.0179. The minimum absolute atomic E-state index is 0.0179. The van der Waals surface area contributed by atoms with E-state index in [-0.39, 0.29) is 17.9 Å². The predicted molar refractivity (Wildman–Crippen MR) is 81.2 cm³/mol. The van der Waals surface area contributed by atoms with E-state index in [1.807, 2.05) is 19.9 Å². The summed E-state index contributed by atoms with van der Waals surface area (Å²) in [4.78, 5) is 24.6. The van der Waals surface area contributed by atoms with Crippen molar-refractivity contribution in [3.8, 4) is 5.75 Å². The van der Waals surface area contributed by atoms with Crippen molar-refractivity contribution < 1.29 is 14.3 Å². The number of imide groups is 1. The van der Waals surface area contributed by atoms with E-state index in [1.165, 1.54) is 13.8 Å². The molecule has 2 amide bonds. The van der Waals surface area contributed by atoms with Gasteiger partial charge in [-0.05, 0) is 32.0 Å². The molecular weight excluding hydrogens is 266 g/mol. The second kappa shape index (κ2) is 5.95. The highest BCUT2D eigenvalue weighted by Gasteiger charge is 2.19. The number of fused-ring (bicyclic) bond motifs is 1. The Morgan fingerprint density at radius 1 is 1.19 bits per heavy atom. The molecule has 0 spiro atoms. The molecule has 0 heterocycles. The number of anilines is 1. The monoisotopic (exact) mass is 283 g/mol. The van der Waals surface area contributed by atoms with E-state index < -0.39 is 0 Å². The van der Waals surface area contributed by atoms with Crippen molar-refractivity contribution in [3.63, 3.8) is 0 Å². The minimum Gasteiger partial charge on any atom is -0.490 e. The largest absolute Gasteiger partial charge is 0.490 e. The Hall–Kier alpha value is -2.36. The second-order valence-electron chi connectivity index (χ2n) is 5.02. The van der Waals surface area contributed by atoms with Crippen LogP contribution in [-0.2, 0) is 9.59 Å². The van der Waals surface area contributed by atoms with Crippen LogP contribution in [0.15, 0.2) is 24.3 Å². The molecule has 0 unspecified atom stereocenters. The summed E-state index contributed by atoms with van der Waals surface area (Å²) in [7, 11) is 0. The molecule has 2 radical (unpaired) electrons. The van der Waals surface area contributed by atoms with Crippen LogP contribution in [-0.4, -0.2) is 17.9 Å². The molecule has 2 rings (SSSR count). The number of hydrogen-bond donors (Lipinski definition) is 0. The van der Waals surface area contributed by atoms with Gasteiger partial charge in [0, 0.05) is 30.7 Å². The molecule has 4 nitrogen and oxygen atoms in total. The standard InChI is InChI=1S/C17H17NO3/c1-11(2)21-17-10-6-7-14-15(17)8-5-9-16(14)18(12(3)19)13(4)20/h5,8-11H,1-4H3. The Morgan fingerprint density at radius 2 is 1.86 bits per heavy atom. The van der Waals surface area contributed by atoms with Crippen LogP contribution >= 0.6 is 0 Å². The number of benzene rings is 2. The first-order chi connectivity index (χ1) is 9.91. The topological polar surface area (TPSA) is 46.6 Å². The Labute approximate surface area is 124 Å². The van der Waals surface area contributed by atoms with Crippen molar-refractivity contribution in [2.45, 2.75) is 33.8 Å². The Morgan fingerprint density at radius 3 is 2.43 bits per heavy atom. The smallest absolute Gasteiger partial charge is 0.230 e. The molecule has 0 aliphatic carbocycles. The molecule has 0 aliphatic heterocycles. The van der Waals surface area contributed by atoms with Gasteiger partial charge >= 0.3 is 0 Å². The minimum atomic E-state index is -0.335. The highest BCUT2D eigenvalue weighted by atomic mass is 16.5. The van der Waals surface area contributed by atoms with E-state index in [2.05, 4.69) is 12.1 Å². The third-order valence-corrected chi connectivity index (χ3v) is 2.94. The van der Waals surface area contributed by atoms with Crippen LogP contribution in [0.2, 0.25) is 0 Å². The van der Waals surface area contributed by atoms with Gasteiger partial charge < -0.3 is 4.74 Å². The highest BCUT2D eigenvalue weighted by molar-refractivity contribution is 6.18. The van der Waals surface area contributed by atoms with E-state index in [9.17, 15) is 9.59 Å². The Kier molecular flexibility index (Phi) is 4.26. The van der Waals surface area contributed by atoms with Crippen LogP contribution in [0.1, 0.15) is 27.7 Å². The van der Waals surface area contributed by atoms with Crippen molar-refractivity contribution in [1.82, 2.24) is 0 Å². The highest BCUT2D eigenvalue weighted by Crippen LogP contribution is 2.33. The van der Waals surface area contributed by atoms with E-state index in [0.29, 0.717) is 16.8 Å². The maximum absolute atomic E-state index is 11.7. The van der Waals surface area contributed by atoms with Crippen molar-refractivity contribution in [2.75, 3.05) is 4.90 Å². The predicted octanol–water partition coefficient (Wildman–Crippen LogP) is 3.13. The molecule has 0 saturated carbocycles. The van der Waals surface area contributed by atoms with Gasteiger partial charge in [0.2, 0.25) is 11.8 Å². The van der Waals surface area contributed by atoms with E-state index in [1.54, 1.807) is 18.2 Å². The summed E-state index contributed by atoms with van der Waals surface area (Å²) < 4.78 is 5.74. The Bertz CT molecular complexity index is 677. The summed E-state index contributed by atoms with van der Waals surface area (Å²) in [5.74, 6) is -0.00943. The van der Waals surface area contributed by atoms with Gasteiger partial charge in [-0.25, -0.2) is 0 Å². The van der Waals surface area contributed by atoms with Crippen molar-refractivity contribution >= 4 is 28.3 Å². The Balaban J connectivity index is 2.66. The van der Waals surface area contributed by atoms with Gasteiger partial charge in [0.05, 0.1) is 11.8 Å². The van der Waals surface area contributed by atoms with E-state index >= 15 is 0 Å². The molecule has 0 aliphatic rings. The fourth-order valence-corrected chi connectivity index (χ4v) is 2.23. The molecule has 4 heteroatoms. The molecule has 0 aromatic heterocycles. The van der Waals surface area contributed by atoms with Crippen molar-refractivity contribution in [2.24, 2.45) is 0 Å². The van der Waals surface area contributed by atoms with Crippen LogP contribution in [0.25, 0.3) is 10.8 Å². The number of carbonyl (C=O) groups excluding carboxylic acids is 2. The molecule has 2 aromatic rings. The van der Waals surface area contributed by atoms with E-state index in [4.69, 9.17) is 4.74 Å². The first-order valence-electron chi connectivity index (χ1n) is 6.74. The fourth-order valence-electron chi connectivity index (χ4n) is 2.23. The lowest BCUT2D eigenvalue weighted by molar-refractivity contribution is -0.124. The third kappa shape index (κ3) is 3.05. The van der Waals surface area contributed by atoms with Crippen molar-refractivity contribution in [3.05, 3.63) is 36.4 Å². The molecule has 0 atom stereocenters. The summed E-state index contributed by atoms with van der Waals surface area (Å²) >= 11 is 0. The number of hydrogen-bond acceptors (Lipinski definition) is 3. The van der Waals surface area contributed by atoms with Gasteiger partial charge in [0.25, 0.3) is 0 Å². The van der Waals surface area contributed by atoms with Gasteiger partial charge in [-0.2, -0.15) is 0 Å². The summed E-state index contributed by atoms with van der Waals surface area (Å²) in [5, 5.41) is 1.44. The van der Waals surface area contributed by atoms with Crippen LogP contribution in [0.3, 0.4) is 0 Å². The average molecular weight is 283 g/mol. The van der Waals surface area contributed by atoms with E-state index in [0.717, 1.165) is 10.3 Å². The van der Waals surface area contributed by atoms with Gasteiger partial charge in [-0.3, -0.25) is 14.5 Å². The average Bonchev–Trinajstić information content (AvgIpc) is 2.38. The number of amides is 2. The third-order valence-electron chi connectivity index (χ3n) is 2.94.